The van der Waals surface area contributed by atoms with Crippen molar-refractivity contribution >= 4 is 5.97 Å². The van der Waals surface area contributed by atoms with E-state index >= 15 is 0 Å². The molecule has 0 aliphatic heterocycles. The number of hydrogen-bond acceptors (Lipinski definition) is 5. The molecular weight excluding hydrogens is 368 g/mol. The minimum atomic E-state index is -0.508. The fourth-order valence-corrected chi connectivity index (χ4v) is 3.66. The fourth-order valence-electron chi connectivity index (χ4n) is 3.66. The van der Waals surface area contributed by atoms with Crippen molar-refractivity contribution in [3.05, 3.63) is 23.3 Å². The van der Waals surface area contributed by atoms with Crippen molar-refractivity contribution in [3.8, 4) is 11.5 Å². The highest BCUT2D eigenvalue weighted by Gasteiger charge is 2.18. The molecule has 0 heterocycles. The van der Waals surface area contributed by atoms with E-state index in [0.717, 1.165) is 37.7 Å². The van der Waals surface area contributed by atoms with E-state index in [1.54, 1.807) is 7.11 Å². The zero-order chi connectivity index (χ0) is 21.5. The lowest BCUT2D eigenvalue weighted by Gasteiger charge is -2.12. The summed E-state index contributed by atoms with van der Waals surface area (Å²) in [5.74, 6) is -0.0425. The van der Waals surface area contributed by atoms with Gasteiger partial charge in [-0.3, -0.25) is 0 Å². The standard InChI is InChI=1S/C24H40O5/c1-19(25)15-13-11-9-7-5-4-6-8-10-12-14-16-20-17-21(28-2)18-22(26)23(20)24(27)29-3/h17-19,25-26H,4-16H2,1-3H3/t19-/m1/s1. The average molecular weight is 409 g/mol. The number of aryl methyl sites for hydroxylation is 1. The summed E-state index contributed by atoms with van der Waals surface area (Å²) in [6, 6.07) is 3.26. The van der Waals surface area contributed by atoms with E-state index in [-0.39, 0.29) is 17.4 Å². The van der Waals surface area contributed by atoms with Gasteiger partial charge in [-0.1, -0.05) is 64.2 Å². The maximum Gasteiger partial charge on any atom is 0.341 e. The number of aliphatic hydroxyl groups excluding tert-OH is 1. The van der Waals surface area contributed by atoms with Gasteiger partial charge in [0.25, 0.3) is 0 Å². The topological polar surface area (TPSA) is 76.0 Å². The van der Waals surface area contributed by atoms with Crippen molar-refractivity contribution in [1.82, 2.24) is 0 Å². The van der Waals surface area contributed by atoms with Gasteiger partial charge in [0.15, 0.2) is 0 Å². The molecule has 5 nitrogen and oxygen atoms in total. The van der Waals surface area contributed by atoms with Gasteiger partial charge >= 0.3 is 5.97 Å². The molecule has 29 heavy (non-hydrogen) atoms. The van der Waals surface area contributed by atoms with Gasteiger partial charge in [0.2, 0.25) is 0 Å². The van der Waals surface area contributed by atoms with Crippen LogP contribution in [-0.4, -0.2) is 36.5 Å². The maximum atomic E-state index is 12.0. The summed E-state index contributed by atoms with van der Waals surface area (Å²) < 4.78 is 10.0. The highest BCUT2D eigenvalue weighted by atomic mass is 16.5. The molecule has 0 radical (unpaired) electrons. The Balaban J connectivity index is 2.17. The molecule has 1 aromatic carbocycles. The van der Waals surface area contributed by atoms with Gasteiger partial charge in [-0.25, -0.2) is 4.79 Å². The van der Waals surface area contributed by atoms with E-state index in [4.69, 9.17) is 9.47 Å². The van der Waals surface area contributed by atoms with Crippen LogP contribution in [0.2, 0.25) is 0 Å². The van der Waals surface area contributed by atoms with E-state index < -0.39 is 5.97 Å². The number of aliphatic hydroxyl groups is 1. The number of benzene rings is 1. The van der Waals surface area contributed by atoms with Crippen molar-refractivity contribution in [2.75, 3.05) is 14.2 Å². The van der Waals surface area contributed by atoms with Crippen LogP contribution in [0.25, 0.3) is 0 Å². The summed E-state index contributed by atoms with van der Waals surface area (Å²) in [5, 5.41) is 19.4. The zero-order valence-corrected chi connectivity index (χ0v) is 18.5. The Morgan fingerprint density at radius 3 is 1.90 bits per heavy atom. The molecule has 1 aromatic rings. The Labute approximate surface area is 176 Å². The van der Waals surface area contributed by atoms with Crippen LogP contribution >= 0.6 is 0 Å². The van der Waals surface area contributed by atoms with Crippen molar-refractivity contribution < 1.29 is 24.5 Å². The first-order chi connectivity index (χ1) is 14.0. The molecule has 0 amide bonds. The molecule has 2 N–H and O–H groups in total. The van der Waals surface area contributed by atoms with Crippen LogP contribution in [0.5, 0.6) is 11.5 Å². The summed E-state index contributed by atoms with van der Waals surface area (Å²) in [5.41, 5.74) is 1.03. The summed E-state index contributed by atoms with van der Waals surface area (Å²) >= 11 is 0. The van der Waals surface area contributed by atoms with E-state index in [9.17, 15) is 15.0 Å². The summed E-state index contributed by atoms with van der Waals surface area (Å²) in [6.45, 7) is 1.86. The Hall–Kier alpha value is -1.75. The highest BCUT2D eigenvalue weighted by Crippen LogP contribution is 2.29. The second-order valence-electron chi connectivity index (χ2n) is 7.95. The van der Waals surface area contributed by atoms with Crippen LogP contribution in [0.15, 0.2) is 12.1 Å². The number of unbranched alkanes of at least 4 members (excludes halogenated alkanes) is 10. The van der Waals surface area contributed by atoms with Crippen molar-refractivity contribution in [3.63, 3.8) is 0 Å². The van der Waals surface area contributed by atoms with Gasteiger partial charge in [-0.2, -0.15) is 0 Å². The predicted molar refractivity (Wildman–Crippen MR) is 117 cm³/mol. The van der Waals surface area contributed by atoms with E-state index in [1.807, 2.05) is 13.0 Å². The Kier molecular flexibility index (Phi) is 13.2. The monoisotopic (exact) mass is 408 g/mol. The lowest BCUT2D eigenvalue weighted by molar-refractivity contribution is 0.0596. The molecule has 0 saturated carbocycles. The smallest absolute Gasteiger partial charge is 0.341 e. The van der Waals surface area contributed by atoms with E-state index in [2.05, 4.69) is 0 Å². The van der Waals surface area contributed by atoms with E-state index in [0.29, 0.717) is 5.75 Å². The Morgan fingerprint density at radius 2 is 1.41 bits per heavy atom. The van der Waals surface area contributed by atoms with Gasteiger partial charge in [0, 0.05) is 6.07 Å². The predicted octanol–water partition coefficient (Wildman–Crippen LogP) is 5.79. The number of phenolic OH excluding ortho intramolecular Hbond substituents is 1. The number of carbonyl (C=O) groups is 1. The van der Waals surface area contributed by atoms with Crippen molar-refractivity contribution in [2.45, 2.75) is 96.5 Å². The molecule has 0 spiro atoms. The third kappa shape index (κ3) is 10.6. The number of esters is 1. The van der Waals surface area contributed by atoms with Gasteiger partial charge < -0.3 is 19.7 Å². The maximum absolute atomic E-state index is 12.0. The van der Waals surface area contributed by atoms with Crippen LogP contribution in [-0.2, 0) is 11.2 Å². The second-order valence-corrected chi connectivity index (χ2v) is 7.95. The summed E-state index contributed by atoms with van der Waals surface area (Å²) in [4.78, 5) is 12.0. The van der Waals surface area contributed by atoms with Crippen molar-refractivity contribution in [2.24, 2.45) is 0 Å². The number of rotatable bonds is 16. The molecule has 0 aromatic heterocycles. The lowest BCUT2D eigenvalue weighted by Crippen LogP contribution is -2.07. The van der Waals surface area contributed by atoms with Crippen LogP contribution < -0.4 is 4.74 Å². The van der Waals surface area contributed by atoms with Crippen LogP contribution in [0, 0.1) is 0 Å². The van der Waals surface area contributed by atoms with Gasteiger partial charge in [-0.15, -0.1) is 0 Å². The Bertz CT molecular complexity index is 583. The van der Waals surface area contributed by atoms with E-state index in [1.165, 1.54) is 64.5 Å². The molecule has 166 valence electrons. The van der Waals surface area contributed by atoms with Gasteiger partial charge in [-0.05, 0) is 37.8 Å². The SMILES string of the molecule is COC(=O)c1c(O)cc(OC)cc1CCCCCCCCCCCCC[C@@H](C)O. The third-order valence-electron chi connectivity index (χ3n) is 5.37. The summed E-state index contributed by atoms with van der Waals surface area (Å²) in [6.07, 6.45) is 14.9. The molecule has 0 aliphatic rings. The quantitative estimate of drug-likeness (QED) is 0.267. The number of methoxy groups -OCH3 is 2. The van der Waals surface area contributed by atoms with Gasteiger partial charge in [0.05, 0.1) is 20.3 Å². The highest BCUT2D eigenvalue weighted by molar-refractivity contribution is 5.94. The van der Waals surface area contributed by atoms with Crippen LogP contribution in [0.1, 0.15) is 99.9 Å². The second kappa shape index (κ2) is 15.1. The Morgan fingerprint density at radius 1 is 0.897 bits per heavy atom. The largest absolute Gasteiger partial charge is 0.507 e. The molecule has 0 aliphatic carbocycles. The molecule has 0 fully saturated rings. The zero-order valence-electron chi connectivity index (χ0n) is 18.5. The molecule has 0 saturated heterocycles. The molecular formula is C24H40O5. The normalized spacial score (nSPS) is 12.0. The molecule has 0 unspecified atom stereocenters. The average Bonchev–Trinajstić information content (AvgIpc) is 2.70. The molecule has 5 heteroatoms. The summed E-state index contributed by atoms with van der Waals surface area (Å²) in [7, 11) is 2.87. The minimum absolute atomic E-state index is 0.0860. The first-order valence-corrected chi connectivity index (χ1v) is 11.2. The minimum Gasteiger partial charge on any atom is -0.507 e. The molecule has 0 bridgehead atoms. The molecule has 1 rings (SSSR count). The number of hydrogen-bond donors (Lipinski definition) is 2. The van der Waals surface area contributed by atoms with Gasteiger partial charge in [0.1, 0.15) is 17.1 Å². The third-order valence-corrected chi connectivity index (χ3v) is 5.37. The number of aromatic hydroxyl groups is 1. The number of carbonyl (C=O) groups excluding carboxylic acids is 1. The van der Waals surface area contributed by atoms with Crippen LogP contribution in [0.3, 0.4) is 0 Å². The number of ether oxygens (including phenoxy) is 2. The number of phenols is 1. The first kappa shape index (κ1) is 25.3. The van der Waals surface area contributed by atoms with Crippen molar-refractivity contribution in [1.29, 1.82) is 0 Å². The lowest BCUT2D eigenvalue weighted by atomic mass is 9.98. The van der Waals surface area contributed by atoms with Crippen LogP contribution in [0.4, 0.5) is 0 Å². The fraction of sp³-hybridized carbons (Fsp3) is 0.708. The molecule has 1 atom stereocenters. The first-order valence-electron chi connectivity index (χ1n) is 11.2.